The van der Waals surface area contributed by atoms with Crippen molar-refractivity contribution in [2.45, 2.75) is 74.4 Å². The lowest BCUT2D eigenvalue weighted by Gasteiger charge is -2.42. The molecule has 1 unspecified atom stereocenters. The van der Waals surface area contributed by atoms with Gasteiger partial charge in [-0.1, -0.05) is 6.58 Å². The van der Waals surface area contributed by atoms with E-state index in [1.807, 2.05) is 0 Å². The molecule has 0 spiro atoms. The molecule has 2 heterocycles. The average Bonchev–Trinajstić information content (AvgIpc) is 3.56. The second kappa shape index (κ2) is 8.92. The largest absolute Gasteiger partial charge is 0.511 e. The lowest BCUT2D eigenvalue weighted by atomic mass is 9.82. The average molecular weight is 488 g/mol. The first kappa shape index (κ1) is 24.0. The Kier molecular flexibility index (Phi) is 6.49. The molecule has 7 nitrogen and oxygen atoms in total. The number of carbonyl (C=O) groups is 1. The van der Waals surface area contributed by atoms with E-state index in [1.165, 1.54) is 0 Å². The minimum Gasteiger partial charge on any atom is -0.511 e. The molecule has 33 heavy (non-hydrogen) atoms. The van der Waals surface area contributed by atoms with Crippen molar-refractivity contribution < 1.29 is 31.5 Å². The normalized spacial score (nSPS) is 26.8. The summed E-state index contributed by atoms with van der Waals surface area (Å²) >= 11 is 0. The van der Waals surface area contributed by atoms with Crippen LogP contribution in [0.1, 0.15) is 44.1 Å². The van der Waals surface area contributed by atoms with Crippen molar-refractivity contribution in [3.8, 4) is 0 Å². The molecule has 1 amide bonds. The number of piperidine rings is 1. The summed E-state index contributed by atoms with van der Waals surface area (Å²) in [7, 11) is -3.73. The van der Waals surface area contributed by atoms with Crippen LogP contribution in [0.4, 0.5) is 13.2 Å². The van der Waals surface area contributed by atoms with E-state index >= 15 is 0 Å². The number of halogens is 3. The Hall–Kier alpha value is -2.11. The van der Waals surface area contributed by atoms with Crippen LogP contribution in [0.2, 0.25) is 0 Å². The van der Waals surface area contributed by atoms with Gasteiger partial charge in [0.15, 0.2) is 17.7 Å². The minimum absolute atomic E-state index is 0.00150. The van der Waals surface area contributed by atoms with Crippen LogP contribution in [0, 0.1) is 23.4 Å². The van der Waals surface area contributed by atoms with Crippen LogP contribution in [0.3, 0.4) is 0 Å². The topological polar surface area (TPSA) is 113 Å². The van der Waals surface area contributed by atoms with Crippen LogP contribution in [0.25, 0.3) is 0 Å². The predicted molar refractivity (Wildman–Crippen MR) is 115 cm³/mol. The third kappa shape index (κ3) is 4.90. The second-order valence-corrected chi connectivity index (χ2v) is 11.4. The number of sulfonamides is 1. The van der Waals surface area contributed by atoms with E-state index in [0.717, 1.165) is 6.07 Å². The number of nitrogens with zero attached hydrogens (tertiary/aromatic N) is 1. The van der Waals surface area contributed by atoms with Crippen LogP contribution in [0.5, 0.6) is 0 Å². The molecule has 0 aromatic heterocycles. The molecule has 2 bridgehead atoms. The summed E-state index contributed by atoms with van der Waals surface area (Å²) in [4.78, 5) is 14.8. The number of nitrogens with one attached hydrogen (secondary N) is 1. The van der Waals surface area contributed by atoms with Crippen molar-refractivity contribution >= 4 is 15.9 Å². The lowest BCUT2D eigenvalue weighted by Crippen LogP contribution is -2.57. The molecule has 1 aromatic rings. The van der Waals surface area contributed by atoms with Crippen molar-refractivity contribution in [2.24, 2.45) is 11.7 Å². The van der Waals surface area contributed by atoms with Crippen LogP contribution >= 0.6 is 0 Å². The van der Waals surface area contributed by atoms with Gasteiger partial charge in [0.1, 0.15) is 11.6 Å². The fourth-order valence-electron chi connectivity index (χ4n) is 5.12. The van der Waals surface area contributed by atoms with E-state index < -0.39 is 56.5 Å². The monoisotopic (exact) mass is 487 g/mol. The summed E-state index contributed by atoms with van der Waals surface area (Å²) < 4.78 is 67.7. The molecule has 5 atom stereocenters. The number of benzene rings is 1. The number of amides is 1. The number of hydrogen-bond donors (Lipinski definition) is 3. The Labute approximate surface area is 190 Å². The summed E-state index contributed by atoms with van der Waals surface area (Å²) in [5, 5.41) is 9.41. The van der Waals surface area contributed by atoms with Crippen LogP contribution in [0.15, 0.2) is 24.5 Å². The zero-order chi connectivity index (χ0) is 24.1. The highest BCUT2D eigenvalue weighted by molar-refractivity contribution is 7.90. The van der Waals surface area contributed by atoms with Gasteiger partial charge in [-0.05, 0) is 62.5 Å². The van der Waals surface area contributed by atoms with Crippen LogP contribution < -0.4 is 10.5 Å². The third-order valence-corrected chi connectivity index (χ3v) is 8.91. The minimum atomic E-state index is -3.73. The molecular formula is C22H28F3N3O4S. The molecule has 11 heteroatoms. The lowest BCUT2D eigenvalue weighted by molar-refractivity contribution is -0.138. The second-order valence-electron chi connectivity index (χ2n) is 9.37. The fourth-order valence-corrected chi connectivity index (χ4v) is 6.63. The highest BCUT2D eigenvalue weighted by Crippen LogP contribution is 2.41. The number of aliphatic hydroxyl groups excluding tert-OH is 1. The Bertz CT molecular complexity index is 1050. The van der Waals surface area contributed by atoms with Crippen molar-refractivity contribution in [2.75, 3.05) is 0 Å². The van der Waals surface area contributed by atoms with E-state index in [4.69, 9.17) is 5.73 Å². The quantitative estimate of drug-likeness (QED) is 0.385. The molecule has 3 fully saturated rings. The molecule has 4 rings (SSSR count). The molecule has 2 aliphatic heterocycles. The first-order valence-electron chi connectivity index (χ1n) is 11.1. The van der Waals surface area contributed by atoms with Crippen LogP contribution in [-0.2, 0) is 21.2 Å². The predicted octanol–water partition coefficient (Wildman–Crippen LogP) is 2.27. The zero-order valence-electron chi connectivity index (χ0n) is 18.0. The Morgan fingerprint density at radius 3 is 2.24 bits per heavy atom. The SMILES string of the molecule is C=C(O)[C@H](NS(=O)(=O)C1CC1)C(=O)N1[C@@H]2CC[C@H]1CC([C@H](N)Cc1cc(F)c(F)cc1F)C2. The number of hydrogen-bond acceptors (Lipinski definition) is 5. The number of rotatable bonds is 8. The summed E-state index contributed by atoms with van der Waals surface area (Å²) in [5.74, 6) is -4.44. The highest BCUT2D eigenvalue weighted by atomic mass is 32.2. The number of aliphatic hydroxyl groups is 1. The Morgan fingerprint density at radius 1 is 1.12 bits per heavy atom. The summed E-state index contributed by atoms with van der Waals surface area (Å²) in [6.45, 7) is 3.39. The Balaban J connectivity index is 1.44. The van der Waals surface area contributed by atoms with Gasteiger partial charge in [-0.3, -0.25) is 4.79 Å². The van der Waals surface area contributed by atoms with Gasteiger partial charge in [0.2, 0.25) is 15.9 Å². The summed E-state index contributed by atoms with van der Waals surface area (Å²) in [6, 6.07) is -1.07. The highest BCUT2D eigenvalue weighted by Gasteiger charge is 2.48. The molecule has 1 aliphatic carbocycles. The van der Waals surface area contributed by atoms with Gasteiger partial charge in [-0.2, -0.15) is 4.72 Å². The van der Waals surface area contributed by atoms with Gasteiger partial charge in [-0.25, -0.2) is 21.6 Å². The van der Waals surface area contributed by atoms with E-state index in [2.05, 4.69) is 11.3 Å². The molecule has 4 N–H and O–H groups in total. The van der Waals surface area contributed by atoms with Crippen molar-refractivity contribution in [1.29, 1.82) is 0 Å². The molecule has 182 valence electrons. The zero-order valence-corrected chi connectivity index (χ0v) is 18.8. The van der Waals surface area contributed by atoms with Gasteiger partial charge < -0.3 is 15.7 Å². The van der Waals surface area contributed by atoms with E-state index in [1.54, 1.807) is 4.90 Å². The summed E-state index contributed by atoms with van der Waals surface area (Å²) in [6.07, 6.45) is 3.46. The van der Waals surface area contributed by atoms with Gasteiger partial charge in [0.05, 0.1) is 5.25 Å². The van der Waals surface area contributed by atoms with Crippen molar-refractivity contribution in [3.63, 3.8) is 0 Å². The Morgan fingerprint density at radius 2 is 1.70 bits per heavy atom. The third-order valence-electron chi connectivity index (χ3n) is 7.00. The molecule has 3 aliphatic rings. The smallest absolute Gasteiger partial charge is 0.248 e. The van der Waals surface area contributed by atoms with Crippen molar-refractivity contribution in [1.82, 2.24) is 9.62 Å². The maximum absolute atomic E-state index is 14.0. The first-order valence-corrected chi connectivity index (χ1v) is 12.6. The van der Waals surface area contributed by atoms with Gasteiger partial charge in [0.25, 0.3) is 0 Å². The van der Waals surface area contributed by atoms with Crippen molar-refractivity contribution in [3.05, 3.63) is 47.5 Å². The van der Waals surface area contributed by atoms with E-state index in [0.29, 0.717) is 44.6 Å². The maximum Gasteiger partial charge on any atom is 0.248 e. The van der Waals surface area contributed by atoms with E-state index in [-0.39, 0.29) is 30.0 Å². The maximum atomic E-state index is 14.0. The number of nitrogens with two attached hydrogens (primary N) is 1. The van der Waals surface area contributed by atoms with Gasteiger partial charge in [0, 0.05) is 24.2 Å². The molecule has 2 saturated heterocycles. The molecule has 0 radical (unpaired) electrons. The van der Waals surface area contributed by atoms with Gasteiger partial charge >= 0.3 is 0 Å². The fraction of sp³-hybridized carbons (Fsp3) is 0.591. The van der Waals surface area contributed by atoms with E-state index in [9.17, 15) is 31.5 Å². The first-order chi connectivity index (χ1) is 15.5. The number of carbonyl (C=O) groups excluding carboxylic acids is 1. The number of fused-ring (bicyclic) bond motifs is 2. The standard InChI is InChI=1S/C22H28F3N3O4S/c1-11(29)21(27-33(31,32)16-4-5-16)22(30)28-14-2-3-15(28)7-13(6-14)20(26)9-12-8-18(24)19(25)10-17(12)23/h8,10,13-16,20-21,27,29H,1-7,9,26H2/t13?,14-,15+,20-,21+/m1/s1. The van der Waals surface area contributed by atoms with Gasteiger partial charge in [-0.15, -0.1) is 0 Å². The molecule has 1 aromatic carbocycles. The molecule has 1 saturated carbocycles. The molecular weight excluding hydrogens is 459 g/mol. The summed E-state index contributed by atoms with van der Waals surface area (Å²) in [5.41, 5.74) is 6.31. The van der Waals surface area contributed by atoms with Crippen LogP contribution in [-0.4, -0.2) is 53.7 Å².